The van der Waals surface area contributed by atoms with Gasteiger partial charge in [-0.15, -0.1) is 0 Å². The van der Waals surface area contributed by atoms with Crippen LogP contribution in [0.5, 0.6) is 0 Å². The summed E-state index contributed by atoms with van der Waals surface area (Å²) < 4.78 is 16.0. The molecule has 5 heteroatoms. The molecule has 2 heterocycles. The molecule has 144 valence electrons. The van der Waals surface area contributed by atoms with Crippen LogP contribution in [-0.2, 0) is 6.54 Å². The number of hydrogen-bond acceptors (Lipinski definition) is 1. The van der Waals surface area contributed by atoms with Crippen molar-refractivity contribution in [2.75, 3.05) is 11.9 Å². The molecule has 4 rings (SSSR count). The van der Waals surface area contributed by atoms with Gasteiger partial charge in [0.25, 0.3) is 0 Å². The molecule has 0 fully saturated rings. The fourth-order valence-electron chi connectivity index (χ4n) is 3.78. The fraction of sp³-hybridized carbons (Fsp3) is 0.261. The Hall–Kier alpha value is -3.08. The molecule has 1 aromatic heterocycles. The summed E-state index contributed by atoms with van der Waals surface area (Å²) in [6.07, 6.45) is 2.00. The second-order valence-corrected chi connectivity index (χ2v) is 7.48. The van der Waals surface area contributed by atoms with Gasteiger partial charge in [0.05, 0.1) is 6.04 Å². The number of aromatic nitrogens is 1. The van der Waals surface area contributed by atoms with Gasteiger partial charge < -0.3 is 14.8 Å². The average Bonchev–Trinajstić information content (AvgIpc) is 3.16. The molecule has 2 amide bonds. The molecule has 1 N–H and O–H groups in total. The number of carbonyl (C=O) groups is 1. The van der Waals surface area contributed by atoms with E-state index in [2.05, 4.69) is 23.7 Å². The van der Waals surface area contributed by atoms with Crippen molar-refractivity contribution < 1.29 is 9.18 Å². The largest absolute Gasteiger partial charge is 0.348 e. The molecule has 0 saturated carbocycles. The molecular formula is C23H24FN3O. The summed E-state index contributed by atoms with van der Waals surface area (Å²) in [5.41, 5.74) is 3.74. The summed E-state index contributed by atoms with van der Waals surface area (Å²) in [6, 6.07) is 17.9. The molecule has 0 saturated heterocycles. The van der Waals surface area contributed by atoms with Crippen LogP contribution < -0.4 is 5.32 Å². The zero-order valence-electron chi connectivity index (χ0n) is 16.1. The van der Waals surface area contributed by atoms with E-state index in [4.69, 9.17) is 0 Å². The van der Waals surface area contributed by atoms with E-state index in [9.17, 15) is 9.18 Å². The lowest BCUT2D eigenvalue weighted by molar-refractivity contribution is 0.181. The predicted octanol–water partition coefficient (Wildman–Crippen LogP) is 5.39. The third kappa shape index (κ3) is 3.52. The van der Waals surface area contributed by atoms with E-state index in [1.807, 2.05) is 48.7 Å². The van der Waals surface area contributed by atoms with Crippen molar-refractivity contribution >= 4 is 11.7 Å². The van der Waals surface area contributed by atoms with Crippen LogP contribution >= 0.6 is 0 Å². The topological polar surface area (TPSA) is 37.3 Å². The van der Waals surface area contributed by atoms with Gasteiger partial charge >= 0.3 is 6.03 Å². The number of nitrogens with zero attached hydrogens (tertiary/aromatic N) is 2. The number of amides is 2. The molecule has 3 aromatic rings. The van der Waals surface area contributed by atoms with Crippen molar-refractivity contribution in [3.63, 3.8) is 0 Å². The Kier molecular flexibility index (Phi) is 4.90. The van der Waals surface area contributed by atoms with Crippen molar-refractivity contribution in [3.05, 3.63) is 89.5 Å². The molecule has 0 bridgehead atoms. The molecule has 1 aliphatic rings. The smallest absolute Gasteiger partial charge is 0.322 e. The molecule has 0 aliphatic carbocycles. The van der Waals surface area contributed by atoms with E-state index in [0.717, 1.165) is 16.9 Å². The number of fused-ring (bicyclic) bond motifs is 1. The summed E-state index contributed by atoms with van der Waals surface area (Å²) in [4.78, 5) is 14.9. The number of urea groups is 1. The summed E-state index contributed by atoms with van der Waals surface area (Å²) in [7, 11) is 0. The Labute approximate surface area is 164 Å². The lowest BCUT2D eigenvalue weighted by atomic mass is 10.00. The summed E-state index contributed by atoms with van der Waals surface area (Å²) >= 11 is 0. The Balaban J connectivity index is 1.62. The van der Waals surface area contributed by atoms with Gasteiger partial charge in [-0.3, -0.25) is 0 Å². The molecule has 0 spiro atoms. The minimum absolute atomic E-state index is 0.181. The number of nitrogens with one attached hydrogen (secondary N) is 1. The van der Waals surface area contributed by atoms with Gasteiger partial charge in [0.15, 0.2) is 0 Å². The maximum Gasteiger partial charge on any atom is 0.322 e. The Morgan fingerprint density at radius 3 is 2.57 bits per heavy atom. The quantitative estimate of drug-likeness (QED) is 0.653. The predicted molar refractivity (Wildman–Crippen MR) is 109 cm³/mol. The highest BCUT2D eigenvalue weighted by atomic mass is 19.1. The zero-order valence-corrected chi connectivity index (χ0v) is 16.1. The summed E-state index contributed by atoms with van der Waals surface area (Å²) in [6.45, 7) is 5.55. The van der Waals surface area contributed by atoms with E-state index >= 15 is 0 Å². The van der Waals surface area contributed by atoms with Crippen LogP contribution in [-0.4, -0.2) is 22.0 Å². The average molecular weight is 377 g/mol. The van der Waals surface area contributed by atoms with Gasteiger partial charge in [0.2, 0.25) is 0 Å². The maximum absolute atomic E-state index is 13.9. The highest BCUT2D eigenvalue weighted by Gasteiger charge is 2.32. The van der Waals surface area contributed by atoms with Gasteiger partial charge in [-0.25, -0.2) is 9.18 Å². The van der Waals surface area contributed by atoms with Crippen LogP contribution in [0, 0.1) is 5.82 Å². The fourth-order valence-corrected chi connectivity index (χ4v) is 3.78. The summed E-state index contributed by atoms with van der Waals surface area (Å²) in [5.74, 6) is 0.141. The van der Waals surface area contributed by atoms with E-state index < -0.39 is 0 Å². The van der Waals surface area contributed by atoms with E-state index in [0.29, 0.717) is 19.0 Å². The first-order chi connectivity index (χ1) is 13.5. The van der Waals surface area contributed by atoms with E-state index in [1.54, 1.807) is 11.0 Å². The number of anilines is 1. The number of hydrogen-bond donors (Lipinski definition) is 1. The van der Waals surface area contributed by atoms with E-state index in [-0.39, 0.29) is 17.9 Å². The van der Waals surface area contributed by atoms with Gasteiger partial charge in [-0.05, 0) is 53.4 Å². The highest BCUT2D eigenvalue weighted by molar-refractivity contribution is 5.90. The molecule has 1 aliphatic heterocycles. The number of halogens is 1. The molecule has 4 nitrogen and oxygen atoms in total. The van der Waals surface area contributed by atoms with Gasteiger partial charge in [-0.1, -0.05) is 38.1 Å². The molecule has 28 heavy (non-hydrogen) atoms. The molecular weight excluding hydrogens is 353 g/mol. The van der Waals surface area contributed by atoms with Crippen LogP contribution in [0.15, 0.2) is 66.9 Å². The Bertz CT molecular complexity index is 978. The Morgan fingerprint density at radius 2 is 1.86 bits per heavy atom. The monoisotopic (exact) mass is 377 g/mol. The standard InChI is InChI=1S/C23H24FN3O/c1-16(2)17-8-10-20(11-9-17)25-23(28)27-14-13-26-12-4-7-21(26)22(27)18-5-3-6-19(24)15-18/h3-12,15-16,22H,13-14H2,1-2H3,(H,25,28)/t22-/m0/s1. The first-order valence-corrected chi connectivity index (χ1v) is 9.61. The van der Waals surface area contributed by atoms with Crippen molar-refractivity contribution in [1.29, 1.82) is 0 Å². The first-order valence-electron chi connectivity index (χ1n) is 9.61. The van der Waals surface area contributed by atoms with Crippen LogP contribution in [0.25, 0.3) is 0 Å². The normalized spacial score (nSPS) is 16.1. The van der Waals surface area contributed by atoms with Gasteiger partial charge in [0, 0.05) is 30.7 Å². The molecule has 0 radical (unpaired) electrons. The second kappa shape index (κ2) is 7.50. The first kappa shape index (κ1) is 18.3. The van der Waals surface area contributed by atoms with Crippen molar-refractivity contribution in [2.45, 2.75) is 32.4 Å². The van der Waals surface area contributed by atoms with Gasteiger partial charge in [0.1, 0.15) is 5.82 Å². The molecule has 2 aromatic carbocycles. The van der Waals surface area contributed by atoms with E-state index in [1.165, 1.54) is 17.7 Å². The van der Waals surface area contributed by atoms with Crippen molar-refractivity contribution in [1.82, 2.24) is 9.47 Å². The minimum Gasteiger partial charge on any atom is -0.348 e. The Morgan fingerprint density at radius 1 is 1.07 bits per heavy atom. The number of benzene rings is 2. The van der Waals surface area contributed by atoms with Crippen molar-refractivity contribution in [2.24, 2.45) is 0 Å². The SMILES string of the molecule is CC(C)c1ccc(NC(=O)N2CCn3cccc3[C@@H]2c2cccc(F)c2)cc1. The van der Waals surface area contributed by atoms with Crippen LogP contribution in [0.2, 0.25) is 0 Å². The molecule has 1 atom stereocenters. The third-order valence-electron chi connectivity index (χ3n) is 5.29. The summed E-state index contributed by atoms with van der Waals surface area (Å²) in [5, 5.41) is 3.00. The highest BCUT2D eigenvalue weighted by Crippen LogP contribution is 2.33. The van der Waals surface area contributed by atoms with Crippen LogP contribution in [0.3, 0.4) is 0 Å². The lowest BCUT2D eigenvalue weighted by Gasteiger charge is -2.37. The van der Waals surface area contributed by atoms with Crippen LogP contribution in [0.1, 0.15) is 42.6 Å². The van der Waals surface area contributed by atoms with Crippen molar-refractivity contribution in [3.8, 4) is 0 Å². The minimum atomic E-state index is -0.325. The zero-order chi connectivity index (χ0) is 19.7. The number of rotatable bonds is 3. The second-order valence-electron chi connectivity index (χ2n) is 7.48. The maximum atomic E-state index is 13.9. The number of carbonyl (C=O) groups excluding carboxylic acids is 1. The van der Waals surface area contributed by atoms with Crippen LogP contribution in [0.4, 0.5) is 14.9 Å². The lowest BCUT2D eigenvalue weighted by Crippen LogP contribution is -2.44. The van der Waals surface area contributed by atoms with Gasteiger partial charge in [-0.2, -0.15) is 0 Å². The molecule has 0 unspecified atom stereocenters. The third-order valence-corrected chi connectivity index (χ3v) is 5.29.